The quantitative estimate of drug-likeness (QED) is 0.662. The predicted octanol–water partition coefficient (Wildman–Crippen LogP) is 3.63. The van der Waals surface area contributed by atoms with Crippen molar-refractivity contribution >= 4 is 17.4 Å². The number of anilines is 1. The van der Waals surface area contributed by atoms with Crippen LogP contribution in [0, 0.1) is 0 Å². The van der Waals surface area contributed by atoms with Gasteiger partial charge in [-0.2, -0.15) is 5.10 Å². The lowest BCUT2D eigenvalue weighted by Gasteiger charge is -2.20. The second-order valence-corrected chi connectivity index (χ2v) is 7.52. The van der Waals surface area contributed by atoms with E-state index >= 15 is 0 Å². The number of fused-ring (bicyclic) bond motifs is 1. The highest BCUT2D eigenvalue weighted by Crippen LogP contribution is 2.27. The second-order valence-electron chi connectivity index (χ2n) is 7.52. The SMILES string of the molecule is CC(=O)c1ccc(NC(=O)Cn2nc(-c3ccccc3)c3c(c2=O)CCCC3)cc1. The highest BCUT2D eigenvalue weighted by Gasteiger charge is 2.22. The zero-order valence-corrected chi connectivity index (χ0v) is 16.9. The van der Waals surface area contributed by atoms with Crippen LogP contribution in [0.2, 0.25) is 0 Å². The van der Waals surface area contributed by atoms with Crippen LogP contribution in [0.3, 0.4) is 0 Å². The first-order valence-electron chi connectivity index (χ1n) is 10.1. The van der Waals surface area contributed by atoms with Crippen LogP contribution in [0.4, 0.5) is 5.69 Å². The Morgan fingerprint density at radius 3 is 2.30 bits per heavy atom. The maximum Gasteiger partial charge on any atom is 0.270 e. The first kappa shape index (κ1) is 19.8. The fourth-order valence-electron chi connectivity index (χ4n) is 3.84. The summed E-state index contributed by atoms with van der Waals surface area (Å²) in [5, 5.41) is 7.35. The van der Waals surface area contributed by atoms with E-state index in [1.54, 1.807) is 24.3 Å². The molecule has 30 heavy (non-hydrogen) atoms. The van der Waals surface area contributed by atoms with Crippen molar-refractivity contribution in [3.8, 4) is 11.3 Å². The molecule has 0 bridgehead atoms. The molecule has 0 radical (unpaired) electrons. The van der Waals surface area contributed by atoms with Crippen LogP contribution in [0.25, 0.3) is 11.3 Å². The highest BCUT2D eigenvalue weighted by atomic mass is 16.2. The molecule has 6 nitrogen and oxygen atoms in total. The average molecular weight is 401 g/mol. The number of Topliss-reactive ketones (excluding diaryl/α,β-unsaturated/α-hetero) is 1. The van der Waals surface area contributed by atoms with Gasteiger partial charge < -0.3 is 5.32 Å². The molecule has 0 spiro atoms. The molecular formula is C24H23N3O3. The molecule has 152 valence electrons. The van der Waals surface area contributed by atoms with Crippen molar-refractivity contribution in [3.63, 3.8) is 0 Å². The number of hydrogen-bond donors (Lipinski definition) is 1. The number of carbonyl (C=O) groups is 2. The summed E-state index contributed by atoms with van der Waals surface area (Å²) in [6.45, 7) is 1.33. The van der Waals surface area contributed by atoms with Gasteiger partial charge in [-0.15, -0.1) is 0 Å². The molecule has 4 rings (SSSR count). The van der Waals surface area contributed by atoms with Gasteiger partial charge in [0.2, 0.25) is 5.91 Å². The number of aromatic nitrogens is 2. The third-order valence-corrected chi connectivity index (χ3v) is 5.38. The Kier molecular flexibility index (Phi) is 5.57. The molecule has 1 heterocycles. The number of nitrogens with zero attached hydrogens (tertiary/aromatic N) is 2. The zero-order valence-electron chi connectivity index (χ0n) is 16.9. The number of carbonyl (C=O) groups excluding carboxylic acids is 2. The summed E-state index contributed by atoms with van der Waals surface area (Å²) >= 11 is 0. The second kappa shape index (κ2) is 8.45. The monoisotopic (exact) mass is 401 g/mol. The van der Waals surface area contributed by atoms with Crippen LogP contribution >= 0.6 is 0 Å². The van der Waals surface area contributed by atoms with Crippen LogP contribution in [0.1, 0.15) is 41.3 Å². The maximum absolute atomic E-state index is 13.0. The minimum atomic E-state index is -0.338. The first-order chi connectivity index (χ1) is 14.5. The van der Waals surface area contributed by atoms with Crippen molar-refractivity contribution < 1.29 is 9.59 Å². The molecule has 1 amide bonds. The Bertz CT molecular complexity index is 1150. The average Bonchev–Trinajstić information content (AvgIpc) is 2.76. The van der Waals surface area contributed by atoms with Gasteiger partial charge >= 0.3 is 0 Å². The molecule has 3 aromatic rings. The largest absolute Gasteiger partial charge is 0.324 e. The summed E-state index contributed by atoms with van der Waals surface area (Å²) in [5.74, 6) is -0.374. The summed E-state index contributed by atoms with van der Waals surface area (Å²) in [6, 6.07) is 16.4. The summed E-state index contributed by atoms with van der Waals surface area (Å²) in [5.41, 5.74) is 4.47. The van der Waals surface area contributed by atoms with Crippen LogP contribution in [-0.4, -0.2) is 21.5 Å². The van der Waals surface area contributed by atoms with E-state index in [4.69, 9.17) is 0 Å². The number of amides is 1. The van der Waals surface area contributed by atoms with Crippen LogP contribution in [0.5, 0.6) is 0 Å². The van der Waals surface area contributed by atoms with Gasteiger partial charge in [0.15, 0.2) is 5.78 Å². The Morgan fingerprint density at radius 2 is 1.63 bits per heavy atom. The van der Waals surface area contributed by atoms with E-state index in [0.29, 0.717) is 17.7 Å². The smallest absolute Gasteiger partial charge is 0.270 e. The minimum absolute atomic E-state index is 0.0360. The summed E-state index contributed by atoms with van der Waals surface area (Å²) in [7, 11) is 0. The van der Waals surface area contributed by atoms with Gasteiger partial charge in [-0.3, -0.25) is 14.4 Å². The summed E-state index contributed by atoms with van der Waals surface area (Å²) in [4.78, 5) is 37.0. The molecule has 0 fully saturated rings. The van der Waals surface area contributed by atoms with Crippen molar-refractivity contribution in [2.24, 2.45) is 0 Å². The summed E-state index contributed by atoms with van der Waals surface area (Å²) in [6.07, 6.45) is 3.55. The Balaban J connectivity index is 1.63. The van der Waals surface area contributed by atoms with Crippen LogP contribution in [-0.2, 0) is 24.2 Å². The molecule has 1 N–H and O–H groups in total. The van der Waals surface area contributed by atoms with E-state index in [2.05, 4.69) is 10.4 Å². The lowest BCUT2D eigenvalue weighted by atomic mass is 9.90. The fourth-order valence-corrected chi connectivity index (χ4v) is 3.84. The van der Waals surface area contributed by atoms with Crippen LogP contribution in [0.15, 0.2) is 59.4 Å². The van der Waals surface area contributed by atoms with Gasteiger partial charge in [0.05, 0.1) is 5.69 Å². The number of ketones is 1. The lowest BCUT2D eigenvalue weighted by molar-refractivity contribution is -0.117. The maximum atomic E-state index is 13.0. The van der Waals surface area contributed by atoms with Gasteiger partial charge in [-0.25, -0.2) is 4.68 Å². The molecule has 0 saturated carbocycles. The van der Waals surface area contributed by atoms with Crippen molar-refractivity contribution in [1.29, 1.82) is 0 Å². The van der Waals surface area contributed by atoms with Crippen molar-refractivity contribution in [2.45, 2.75) is 39.2 Å². The zero-order chi connectivity index (χ0) is 21.1. The van der Waals surface area contributed by atoms with Gasteiger partial charge in [0.1, 0.15) is 6.54 Å². The fraction of sp³-hybridized carbons (Fsp3) is 0.250. The third-order valence-electron chi connectivity index (χ3n) is 5.38. The molecule has 1 aliphatic rings. The van der Waals surface area contributed by atoms with E-state index in [1.807, 2.05) is 30.3 Å². The Hall–Kier alpha value is -3.54. The first-order valence-corrected chi connectivity index (χ1v) is 10.1. The van der Waals surface area contributed by atoms with Gasteiger partial charge in [0.25, 0.3) is 5.56 Å². The lowest BCUT2D eigenvalue weighted by Crippen LogP contribution is -2.34. The number of benzene rings is 2. The van der Waals surface area contributed by atoms with Crippen molar-refractivity contribution in [2.75, 3.05) is 5.32 Å². The van der Waals surface area contributed by atoms with Gasteiger partial charge in [-0.05, 0) is 62.4 Å². The molecule has 0 atom stereocenters. The van der Waals surface area contributed by atoms with E-state index in [-0.39, 0.29) is 23.8 Å². The molecule has 2 aromatic carbocycles. The molecule has 1 aromatic heterocycles. The van der Waals surface area contributed by atoms with Crippen molar-refractivity contribution in [3.05, 3.63) is 81.6 Å². The molecule has 0 aliphatic heterocycles. The molecule has 6 heteroatoms. The topological polar surface area (TPSA) is 81.1 Å². The third kappa shape index (κ3) is 4.08. The Labute approximate surface area is 174 Å². The Morgan fingerprint density at radius 1 is 0.967 bits per heavy atom. The molecule has 0 unspecified atom stereocenters. The van der Waals surface area contributed by atoms with Gasteiger partial charge in [-0.1, -0.05) is 30.3 Å². The van der Waals surface area contributed by atoms with Crippen molar-refractivity contribution in [1.82, 2.24) is 9.78 Å². The number of rotatable bonds is 5. The standard InChI is InChI=1S/C24H23N3O3/c1-16(28)17-11-13-19(14-12-17)25-22(29)15-27-24(30)21-10-6-5-9-20(21)23(26-27)18-7-3-2-4-8-18/h2-4,7-8,11-14H,5-6,9-10,15H2,1H3,(H,25,29). The van der Waals surface area contributed by atoms with Crippen LogP contribution < -0.4 is 10.9 Å². The van der Waals surface area contributed by atoms with E-state index in [0.717, 1.165) is 41.6 Å². The minimum Gasteiger partial charge on any atom is -0.324 e. The molecular weight excluding hydrogens is 378 g/mol. The number of nitrogens with one attached hydrogen (secondary N) is 1. The molecule has 1 aliphatic carbocycles. The molecule has 0 saturated heterocycles. The van der Waals surface area contributed by atoms with E-state index in [1.165, 1.54) is 11.6 Å². The van der Waals surface area contributed by atoms with Gasteiger partial charge in [0, 0.05) is 22.4 Å². The predicted molar refractivity (Wildman–Crippen MR) is 116 cm³/mol. The highest BCUT2D eigenvalue weighted by molar-refractivity contribution is 5.95. The van der Waals surface area contributed by atoms with E-state index in [9.17, 15) is 14.4 Å². The number of hydrogen-bond acceptors (Lipinski definition) is 4. The normalized spacial score (nSPS) is 12.8. The van der Waals surface area contributed by atoms with E-state index < -0.39 is 0 Å². The summed E-state index contributed by atoms with van der Waals surface area (Å²) < 4.78 is 1.27.